The smallest absolute Gasteiger partial charge is 0.195 e. The highest BCUT2D eigenvalue weighted by Crippen LogP contribution is 2.16. The quantitative estimate of drug-likeness (QED) is 0.401. The Bertz CT molecular complexity index is 514. The van der Waals surface area contributed by atoms with Crippen molar-refractivity contribution in [1.82, 2.24) is 19.7 Å². The summed E-state index contributed by atoms with van der Waals surface area (Å²) in [6.07, 6.45) is 1.90. The minimum Gasteiger partial charge on any atom is -0.354 e. The van der Waals surface area contributed by atoms with Gasteiger partial charge in [-0.3, -0.25) is 0 Å². The number of nitrogens with zero attached hydrogens (tertiary/aromatic N) is 6. The minimum absolute atomic E-state index is 0. The molecule has 1 aliphatic heterocycles. The van der Waals surface area contributed by atoms with Crippen molar-refractivity contribution in [2.24, 2.45) is 4.99 Å². The summed E-state index contributed by atoms with van der Waals surface area (Å²) in [4.78, 5) is 18.2. The number of aliphatic imine (C=N–C) groups is 1. The lowest BCUT2D eigenvalue weighted by Crippen LogP contribution is -2.46. The molecule has 6 nitrogen and oxygen atoms in total. The van der Waals surface area contributed by atoms with Gasteiger partial charge in [-0.05, 0) is 24.2 Å². The van der Waals surface area contributed by atoms with Crippen LogP contribution in [-0.4, -0.2) is 86.6 Å². The van der Waals surface area contributed by atoms with Crippen LogP contribution in [0, 0.1) is 0 Å². The van der Waals surface area contributed by atoms with Crippen molar-refractivity contribution in [3.63, 3.8) is 0 Å². The second kappa shape index (κ2) is 10.0. The number of aromatic nitrogens is 1. The number of rotatable bonds is 4. The first-order valence-electron chi connectivity index (χ1n) is 8.32. The molecule has 0 unspecified atom stereocenters. The van der Waals surface area contributed by atoms with Gasteiger partial charge in [0.15, 0.2) is 5.96 Å². The Morgan fingerprint density at radius 2 is 1.75 bits per heavy atom. The number of anilines is 1. The van der Waals surface area contributed by atoms with Crippen LogP contribution in [0.4, 0.5) is 5.82 Å². The Morgan fingerprint density at radius 3 is 2.29 bits per heavy atom. The number of guanidine groups is 1. The van der Waals surface area contributed by atoms with Gasteiger partial charge in [-0.15, -0.1) is 24.0 Å². The molecule has 0 spiro atoms. The van der Waals surface area contributed by atoms with Crippen LogP contribution in [0.15, 0.2) is 23.3 Å². The Morgan fingerprint density at radius 1 is 1.12 bits per heavy atom. The maximum atomic E-state index is 4.72. The van der Waals surface area contributed by atoms with E-state index in [0.29, 0.717) is 6.54 Å². The molecule has 7 heteroatoms. The normalized spacial score (nSPS) is 14.8. The highest BCUT2D eigenvalue weighted by Gasteiger charge is 2.16. The molecule has 136 valence electrons. The fourth-order valence-corrected chi connectivity index (χ4v) is 2.87. The molecule has 1 aromatic heterocycles. The number of piperazine rings is 1. The molecule has 1 aliphatic rings. The van der Waals surface area contributed by atoms with E-state index in [1.54, 1.807) is 0 Å². The summed E-state index contributed by atoms with van der Waals surface area (Å²) in [6.45, 7) is 8.37. The summed E-state index contributed by atoms with van der Waals surface area (Å²) < 4.78 is 0. The van der Waals surface area contributed by atoms with E-state index in [4.69, 9.17) is 4.99 Å². The third-order valence-electron chi connectivity index (χ3n) is 4.16. The zero-order valence-electron chi connectivity index (χ0n) is 15.6. The highest BCUT2D eigenvalue weighted by molar-refractivity contribution is 14.0. The summed E-state index contributed by atoms with van der Waals surface area (Å²) in [6, 6.07) is 4.23. The molecule has 0 atom stereocenters. The molecule has 1 saturated heterocycles. The molecule has 0 aromatic carbocycles. The number of hydrogen-bond donors (Lipinski definition) is 0. The average Bonchev–Trinajstić information content (AvgIpc) is 2.55. The van der Waals surface area contributed by atoms with Crippen LogP contribution in [0.2, 0.25) is 0 Å². The molecule has 24 heavy (non-hydrogen) atoms. The van der Waals surface area contributed by atoms with Gasteiger partial charge in [0.2, 0.25) is 0 Å². The molecular formula is C17H31IN6. The van der Waals surface area contributed by atoms with Crippen molar-refractivity contribution in [2.75, 3.05) is 65.8 Å². The monoisotopic (exact) mass is 446 g/mol. The number of likely N-dealkylation sites (N-methyl/N-ethyl adjacent to an activating group) is 1. The van der Waals surface area contributed by atoms with Crippen molar-refractivity contribution in [2.45, 2.75) is 13.5 Å². The van der Waals surface area contributed by atoms with Crippen LogP contribution in [0.5, 0.6) is 0 Å². The Balaban J connectivity index is 0.00000288. The highest BCUT2D eigenvalue weighted by atomic mass is 127. The van der Waals surface area contributed by atoms with Gasteiger partial charge in [-0.25, -0.2) is 9.98 Å². The Hall–Kier alpha value is -1.09. The van der Waals surface area contributed by atoms with Crippen LogP contribution in [0.1, 0.15) is 12.5 Å². The van der Waals surface area contributed by atoms with E-state index in [9.17, 15) is 0 Å². The standard InChI is InChI=1S/C17H30N6.HI/c1-6-22-9-11-23(12-10-22)16-13-15(7-8-18-16)14-19-17(20(2)3)21(4)5;/h7-8,13H,6,9-12,14H2,1-5H3;1H. The number of pyridine rings is 1. The molecule has 1 fully saturated rings. The molecule has 0 N–H and O–H groups in total. The van der Waals surface area contributed by atoms with Gasteiger partial charge in [0.1, 0.15) is 5.82 Å². The van der Waals surface area contributed by atoms with Crippen molar-refractivity contribution in [3.8, 4) is 0 Å². The van der Waals surface area contributed by atoms with E-state index in [1.807, 2.05) is 44.2 Å². The fraction of sp³-hybridized carbons (Fsp3) is 0.647. The SMILES string of the molecule is CCN1CCN(c2cc(CN=C(N(C)C)N(C)C)ccn2)CC1.I. The topological polar surface area (TPSA) is 38.2 Å². The third-order valence-corrected chi connectivity index (χ3v) is 4.16. The third kappa shape index (κ3) is 5.77. The van der Waals surface area contributed by atoms with Gasteiger partial charge in [-0.1, -0.05) is 6.92 Å². The summed E-state index contributed by atoms with van der Waals surface area (Å²) in [5.41, 5.74) is 1.20. The molecule has 1 aromatic rings. The first-order chi connectivity index (χ1) is 11.0. The Kier molecular flexibility index (Phi) is 8.75. The van der Waals surface area contributed by atoms with E-state index in [2.05, 4.69) is 33.8 Å². The van der Waals surface area contributed by atoms with Crippen LogP contribution in [-0.2, 0) is 6.54 Å². The molecular weight excluding hydrogens is 415 g/mol. The first kappa shape index (κ1) is 21.0. The van der Waals surface area contributed by atoms with E-state index in [-0.39, 0.29) is 24.0 Å². The van der Waals surface area contributed by atoms with Gasteiger partial charge in [0.05, 0.1) is 6.54 Å². The molecule has 0 radical (unpaired) electrons. The largest absolute Gasteiger partial charge is 0.354 e. The maximum absolute atomic E-state index is 4.72. The van der Waals surface area contributed by atoms with Crippen molar-refractivity contribution in [1.29, 1.82) is 0 Å². The molecule has 0 saturated carbocycles. The van der Waals surface area contributed by atoms with Crippen molar-refractivity contribution >= 4 is 35.8 Å². The second-order valence-electron chi connectivity index (χ2n) is 6.35. The molecule has 2 heterocycles. The molecule has 0 aliphatic carbocycles. The molecule has 0 bridgehead atoms. The Labute approximate surface area is 163 Å². The summed E-state index contributed by atoms with van der Waals surface area (Å²) >= 11 is 0. The number of hydrogen-bond acceptors (Lipinski definition) is 4. The average molecular weight is 446 g/mol. The van der Waals surface area contributed by atoms with Gasteiger partial charge in [0.25, 0.3) is 0 Å². The van der Waals surface area contributed by atoms with Crippen LogP contribution < -0.4 is 4.90 Å². The van der Waals surface area contributed by atoms with Gasteiger partial charge < -0.3 is 19.6 Å². The van der Waals surface area contributed by atoms with E-state index < -0.39 is 0 Å². The molecule has 2 rings (SSSR count). The van der Waals surface area contributed by atoms with E-state index in [1.165, 1.54) is 5.56 Å². The lowest BCUT2D eigenvalue weighted by molar-refractivity contribution is 0.270. The van der Waals surface area contributed by atoms with E-state index >= 15 is 0 Å². The number of halogens is 1. The van der Waals surface area contributed by atoms with Gasteiger partial charge in [-0.2, -0.15) is 0 Å². The maximum Gasteiger partial charge on any atom is 0.195 e. The summed E-state index contributed by atoms with van der Waals surface area (Å²) in [5.74, 6) is 2.05. The molecule has 0 amide bonds. The predicted molar refractivity (Wildman–Crippen MR) is 112 cm³/mol. The fourth-order valence-electron chi connectivity index (χ4n) is 2.87. The first-order valence-corrected chi connectivity index (χ1v) is 8.32. The zero-order chi connectivity index (χ0) is 16.8. The predicted octanol–water partition coefficient (Wildman–Crippen LogP) is 1.82. The summed E-state index contributed by atoms with van der Waals surface area (Å²) in [7, 11) is 8.07. The second-order valence-corrected chi connectivity index (χ2v) is 6.35. The van der Waals surface area contributed by atoms with Crippen LogP contribution in [0.3, 0.4) is 0 Å². The van der Waals surface area contributed by atoms with Gasteiger partial charge in [0, 0.05) is 60.6 Å². The van der Waals surface area contributed by atoms with Gasteiger partial charge >= 0.3 is 0 Å². The van der Waals surface area contributed by atoms with E-state index in [0.717, 1.165) is 44.5 Å². The minimum atomic E-state index is 0. The zero-order valence-corrected chi connectivity index (χ0v) is 17.9. The van der Waals surface area contributed by atoms with Crippen molar-refractivity contribution < 1.29 is 0 Å². The lowest BCUT2D eigenvalue weighted by atomic mass is 10.2. The summed E-state index contributed by atoms with van der Waals surface area (Å²) in [5, 5.41) is 0. The lowest BCUT2D eigenvalue weighted by Gasteiger charge is -2.34. The van der Waals surface area contributed by atoms with Crippen molar-refractivity contribution in [3.05, 3.63) is 23.9 Å². The van der Waals surface area contributed by atoms with Crippen LogP contribution in [0.25, 0.3) is 0 Å². The van der Waals surface area contributed by atoms with Crippen LogP contribution >= 0.6 is 24.0 Å².